The maximum absolute atomic E-state index is 11.8. The number of fused-ring (bicyclic) bond motifs is 1. The van der Waals surface area contributed by atoms with E-state index in [1.807, 2.05) is 0 Å². The predicted octanol–water partition coefficient (Wildman–Crippen LogP) is 1.70. The van der Waals surface area contributed by atoms with Crippen molar-refractivity contribution in [1.29, 1.82) is 0 Å². The summed E-state index contributed by atoms with van der Waals surface area (Å²) in [6.45, 7) is 1.93. The van der Waals surface area contributed by atoms with Crippen molar-refractivity contribution in [1.82, 2.24) is 4.57 Å². The lowest BCUT2D eigenvalue weighted by atomic mass is 10.1. The molecule has 1 aromatic carbocycles. The van der Waals surface area contributed by atoms with E-state index in [1.54, 1.807) is 29.7 Å². The van der Waals surface area contributed by atoms with Crippen molar-refractivity contribution in [3.05, 3.63) is 24.4 Å². The molecule has 1 heterocycles. The first kappa shape index (κ1) is 15.7. The largest absolute Gasteiger partial charge is 0.496 e. The number of primary amides is 1. The number of nitrogens with zero attached hydrogens (tertiary/aromatic N) is 1. The number of benzene rings is 1. The maximum Gasteiger partial charge on any atom is 0.263 e. The van der Waals surface area contributed by atoms with Crippen LogP contribution in [-0.4, -0.2) is 26.0 Å². The lowest BCUT2D eigenvalue weighted by Crippen LogP contribution is -2.24. The number of hydrogen-bond donors (Lipinski definition) is 1. The summed E-state index contributed by atoms with van der Waals surface area (Å²) < 4.78 is 30.3. The topological polar surface area (TPSA) is 91.4 Å². The first-order valence-corrected chi connectivity index (χ1v) is 8.46. The highest BCUT2D eigenvalue weighted by atomic mass is 35.7. The van der Waals surface area contributed by atoms with E-state index in [-0.39, 0.29) is 11.4 Å². The van der Waals surface area contributed by atoms with Crippen LogP contribution in [-0.2, 0) is 20.4 Å². The summed E-state index contributed by atoms with van der Waals surface area (Å²) in [5, 5.41) is 0.395. The maximum atomic E-state index is 11.8. The van der Waals surface area contributed by atoms with Gasteiger partial charge in [-0.15, -0.1) is 0 Å². The normalized spacial score (nSPS) is 13.3. The van der Waals surface area contributed by atoms with Gasteiger partial charge in [0.2, 0.25) is 5.91 Å². The van der Waals surface area contributed by atoms with Crippen molar-refractivity contribution in [2.75, 3.05) is 7.11 Å². The van der Waals surface area contributed by atoms with E-state index in [0.717, 1.165) is 0 Å². The molecule has 1 aromatic heterocycles. The molecule has 1 unspecified atom stereocenters. The molecule has 8 heteroatoms. The third-order valence-electron chi connectivity index (χ3n) is 3.27. The smallest absolute Gasteiger partial charge is 0.263 e. The van der Waals surface area contributed by atoms with Crippen LogP contribution in [0.1, 0.15) is 6.92 Å². The van der Waals surface area contributed by atoms with Gasteiger partial charge in [-0.25, -0.2) is 8.42 Å². The minimum atomic E-state index is -3.94. The number of ether oxygens (including phenoxy) is 1. The Bertz CT molecular complexity index is 798. The molecule has 21 heavy (non-hydrogen) atoms. The van der Waals surface area contributed by atoms with Crippen LogP contribution >= 0.6 is 10.7 Å². The molecular weight excluding hydrogens is 316 g/mol. The molecule has 0 aliphatic heterocycles. The SMILES string of the molecule is COc1cccc2c1c(S(=O)(=O)Cl)cn2CC(C)C(N)=O. The van der Waals surface area contributed by atoms with E-state index >= 15 is 0 Å². The van der Waals surface area contributed by atoms with Crippen molar-refractivity contribution < 1.29 is 17.9 Å². The van der Waals surface area contributed by atoms with Gasteiger partial charge in [0.25, 0.3) is 9.05 Å². The second-order valence-corrected chi connectivity index (χ2v) is 7.28. The Labute approximate surface area is 126 Å². The molecule has 2 rings (SSSR count). The van der Waals surface area contributed by atoms with Crippen molar-refractivity contribution in [3.8, 4) is 5.75 Å². The molecule has 0 spiro atoms. The van der Waals surface area contributed by atoms with E-state index in [2.05, 4.69) is 0 Å². The van der Waals surface area contributed by atoms with Crippen LogP contribution < -0.4 is 10.5 Å². The number of nitrogens with two attached hydrogens (primary N) is 1. The van der Waals surface area contributed by atoms with Crippen molar-refractivity contribution >= 4 is 36.5 Å². The molecule has 0 aliphatic rings. The number of amides is 1. The van der Waals surface area contributed by atoms with Crippen molar-refractivity contribution in [2.24, 2.45) is 11.7 Å². The summed E-state index contributed by atoms with van der Waals surface area (Å²) in [7, 11) is 3.00. The third-order valence-corrected chi connectivity index (χ3v) is 4.61. The minimum absolute atomic E-state index is 0.0479. The summed E-state index contributed by atoms with van der Waals surface area (Å²) in [5.41, 5.74) is 5.87. The van der Waals surface area contributed by atoms with E-state index < -0.39 is 20.9 Å². The Kier molecular flexibility index (Phi) is 4.15. The van der Waals surface area contributed by atoms with Crippen LogP contribution in [0.5, 0.6) is 5.75 Å². The number of methoxy groups -OCH3 is 1. The Morgan fingerprint density at radius 1 is 1.48 bits per heavy atom. The molecule has 6 nitrogen and oxygen atoms in total. The number of halogens is 1. The number of carbonyl (C=O) groups is 1. The van der Waals surface area contributed by atoms with Gasteiger partial charge in [0.15, 0.2) is 0 Å². The first-order valence-electron chi connectivity index (χ1n) is 6.15. The molecule has 1 amide bonds. The van der Waals surface area contributed by atoms with Crippen LogP contribution in [0.15, 0.2) is 29.3 Å². The van der Waals surface area contributed by atoms with Gasteiger partial charge in [-0.2, -0.15) is 0 Å². The van der Waals surface area contributed by atoms with E-state index in [1.165, 1.54) is 13.3 Å². The van der Waals surface area contributed by atoms with Gasteiger partial charge in [-0.1, -0.05) is 13.0 Å². The average molecular weight is 331 g/mol. The van der Waals surface area contributed by atoms with Crippen LogP contribution in [0.4, 0.5) is 0 Å². The highest BCUT2D eigenvalue weighted by Crippen LogP contribution is 2.35. The van der Waals surface area contributed by atoms with Gasteiger partial charge < -0.3 is 15.0 Å². The Morgan fingerprint density at radius 3 is 2.67 bits per heavy atom. The summed E-state index contributed by atoms with van der Waals surface area (Å²) in [4.78, 5) is 11.2. The summed E-state index contributed by atoms with van der Waals surface area (Å²) in [6, 6.07) is 5.12. The average Bonchev–Trinajstić information content (AvgIpc) is 2.77. The van der Waals surface area contributed by atoms with E-state index in [9.17, 15) is 13.2 Å². The van der Waals surface area contributed by atoms with Crippen LogP contribution in [0, 0.1) is 5.92 Å². The van der Waals surface area contributed by atoms with Gasteiger partial charge in [0, 0.05) is 23.4 Å². The highest BCUT2D eigenvalue weighted by Gasteiger charge is 2.23. The predicted molar refractivity (Wildman–Crippen MR) is 79.9 cm³/mol. The monoisotopic (exact) mass is 330 g/mol. The van der Waals surface area contributed by atoms with Gasteiger partial charge in [0.05, 0.1) is 23.9 Å². The molecule has 2 aromatic rings. The number of carbonyl (C=O) groups excluding carboxylic acids is 1. The van der Waals surface area contributed by atoms with E-state index in [4.69, 9.17) is 21.2 Å². The molecule has 114 valence electrons. The first-order chi connectivity index (χ1) is 9.75. The lowest BCUT2D eigenvalue weighted by molar-refractivity contribution is -0.121. The quantitative estimate of drug-likeness (QED) is 0.845. The molecule has 0 radical (unpaired) electrons. The lowest BCUT2D eigenvalue weighted by Gasteiger charge is -2.10. The fourth-order valence-corrected chi connectivity index (χ4v) is 3.23. The van der Waals surface area contributed by atoms with Crippen LogP contribution in [0.25, 0.3) is 10.9 Å². The molecule has 2 N–H and O–H groups in total. The minimum Gasteiger partial charge on any atom is -0.496 e. The molecule has 0 saturated heterocycles. The third kappa shape index (κ3) is 2.98. The van der Waals surface area contributed by atoms with Crippen LogP contribution in [0.2, 0.25) is 0 Å². The van der Waals surface area contributed by atoms with E-state index in [0.29, 0.717) is 16.7 Å². The summed E-state index contributed by atoms with van der Waals surface area (Å²) in [6.07, 6.45) is 1.40. The van der Waals surface area contributed by atoms with Gasteiger partial charge in [-0.3, -0.25) is 4.79 Å². The van der Waals surface area contributed by atoms with Gasteiger partial charge in [-0.05, 0) is 12.1 Å². The van der Waals surface area contributed by atoms with Crippen LogP contribution in [0.3, 0.4) is 0 Å². The van der Waals surface area contributed by atoms with Crippen molar-refractivity contribution in [3.63, 3.8) is 0 Å². The molecule has 0 saturated carbocycles. The fourth-order valence-electron chi connectivity index (χ4n) is 2.17. The molecule has 0 fully saturated rings. The zero-order chi connectivity index (χ0) is 15.8. The molecular formula is C13H15ClN2O4S. The Hall–Kier alpha value is -1.73. The summed E-state index contributed by atoms with van der Waals surface area (Å²) in [5.74, 6) is -0.509. The summed E-state index contributed by atoms with van der Waals surface area (Å²) >= 11 is 0. The highest BCUT2D eigenvalue weighted by molar-refractivity contribution is 8.14. The number of hydrogen-bond acceptors (Lipinski definition) is 4. The zero-order valence-corrected chi connectivity index (χ0v) is 13.1. The number of aromatic nitrogens is 1. The second-order valence-electron chi connectivity index (χ2n) is 4.74. The Morgan fingerprint density at radius 2 is 2.14 bits per heavy atom. The Balaban J connectivity index is 2.72. The molecule has 1 atom stereocenters. The molecule has 0 aliphatic carbocycles. The molecule has 0 bridgehead atoms. The zero-order valence-electron chi connectivity index (χ0n) is 11.5. The van der Waals surface area contributed by atoms with Gasteiger partial charge >= 0.3 is 0 Å². The fraction of sp³-hybridized carbons (Fsp3) is 0.308. The van der Waals surface area contributed by atoms with Crippen molar-refractivity contribution in [2.45, 2.75) is 18.4 Å². The standard InChI is InChI=1S/C13H15ClN2O4S/c1-8(13(15)17)6-16-7-11(21(14,18)19)12-9(16)4-3-5-10(12)20-2/h3-5,7-8H,6H2,1-2H3,(H2,15,17). The second kappa shape index (κ2) is 5.57. The van der Waals surface area contributed by atoms with Gasteiger partial charge in [0.1, 0.15) is 10.6 Å². The number of rotatable bonds is 5.